The Hall–Kier alpha value is -0.780. The van der Waals surface area contributed by atoms with Gasteiger partial charge >= 0.3 is 0 Å². The molecule has 0 unspecified atom stereocenters. The second-order valence-electron chi connectivity index (χ2n) is 10.1. The van der Waals surface area contributed by atoms with Crippen LogP contribution in [0.4, 0.5) is 0 Å². The summed E-state index contributed by atoms with van der Waals surface area (Å²) in [6, 6.07) is 0. The Morgan fingerprint density at radius 1 is 1.08 bits per heavy atom. The van der Waals surface area contributed by atoms with Crippen molar-refractivity contribution in [1.29, 1.82) is 0 Å². The highest BCUT2D eigenvalue weighted by Gasteiger charge is 2.70. The van der Waals surface area contributed by atoms with Crippen LogP contribution in [-0.2, 0) is 9.59 Å². The van der Waals surface area contributed by atoms with E-state index in [4.69, 9.17) is 0 Å². The van der Waals surface area contributed by atoms with Crippen LogP contribution in [0, 0.1) is 34.5 Å². The zero-order valence-electron chi connectivity index (χ0n) is 16.1. The van der Waals surface area contributed by atoms with Crippen LogP contribution >= 0.6 is 0 Å². The molecular formula is C21H32O5. The molecule has 0 aromatic heterocycles. The van der Waals surface area contributed by atoms with Gasteiger partial charge in [-0.1, -0.05) is 13.8 Å². The molecule has 0 spiro atoms. The monoisotopic (exact) mass is 364 g/mol. The Kier molecular flexibility index (Phi) is 4.01. The van der Waals surface area contributed by atoms with E-state index in [1.165, 1.54) is 6.92 Å². The van der Waals surface area contributed by atoms with E-state index in [1.54, 1.807) is 0 Å². The summed E-state index contributed by atoms with van der Waals surface area (Å²) >= 11 is 0. The van der Waals surface area contributed by atoms with Gasteiger partial charge in [0.1, 0.15) is 5.78 Å². The number of hydrogen-bond acceptors (Lipinski definition) is 5. The van der Waals surface area contributed by atoms with E-state index in [9.17, 15) is 24.9 Å². The van der Waals surface area contributed by atoms with Gasteiger partial charge in [-0.25, -0.2) is 0 Å². The SMILES string of the molecule is CC(=O)[C@@]1(O)[C@H](O)C[C@H]2[C@@H]3C(=O)C[C@H]4C[C@@H](O)CC[C@]4(C)[C@H]3CC[C@@]21C. The lowest BCUT2D eigenvalue weighted by molar-refractivity contribution is -0.184. The van der Waals surface area contributed by atoms with Crippen molar-refractivity contribution in [3.63, 3.8) is 0 Å². The van der Waals surface area contributed by atoms with Crippen molar-refractivity contribution in [2.24, 2.45) is 34.5 Å². The van der Waals surface area contributed by atoms with Crippen LogP contribution in [0.3, 0.4) is 0 Å². The molecule has 4 aliphatic carbocycles. The molecule has 3 N–H and O–H groups in total. The molecule has 0 heterocycles. The van der Waals surface area contributed by atoms with Crippen LogP contribution in [0.15, 0.2) is 0 Å². The fraction of sp³-hybridized carbons (Fsp3) is 0.905. The van der Waals surface area contributed by atoms with Gasteiger partial charge in [-0.05, 0) is 68.6 Å². The molecule has 4 aliphatic rings. The van der Waals surface area contributed by atoms with E-state index < -0.39 is 17.1 Å². The second kappa shape index (κ2) is 5.62. The molecule has 0 amide bonds. The summed E-state index contributed by atoms with van der Waals surface area (Å²) in [5.74, 6) is -0.0668. The van der Waals surface area contributed by atoms with Gasteiger partial charge in [0.05, 0.1) is 12.2 Å². The lowest BCUT2D eigenvalue weighted by Gasteiger charge is -2.60. The van der Waals surface area contributed by atoms with Crippen molar-refractivity contribution < 1.29 is 24.9 Å². The molecule has 26 heavy (non-hydrogen) atoms. The topological polar surface area (TPSA) is 94.8 Å². The summed E-state index contributed by atoms with van der Waals surface area (Å²) in [7, 11) is 0. The molecular weight excluding hydrogens is 332 g/mol. The Labute approximate surface area is 155 Å². The van der Waals surface area contributed by atoms with Crippen molar-refractivity contribution in [3.05, 3.63) is 0 Å². The van der Waals surface area contributed by atoms with Crippen molar-refractivity contribution >= 4 is 11.6 Å². The first kappa shape index (κ1) is 18.6. The zero-order valence-corrected chi connectivity index (χ0v) is 16.1. The van der Waals surface area contributed by atoms with E-state index in [0.29, 0.717) is 25.7 Å². The zero-order chi connectivity index (χ0) is 19.1. The Bertz CT molecular complexity index is 646. The van der Waals surface area contributed by atoms with Crippen LogP contribution < -0.4 is 0 Å². The predicted molar refractivity (Wildman–Crippen MR) is 95.1 cm³/mol. The first-order valence-electron chi connectivity index (χ1n) is 10.2. The van der Waals surface area contributed by atoms with E-state index in [1.807, 2.05) is 6.92 Å². The van der Waals surface area contributed by atoms with Crippen LogP contribution in [-0.4, -0.2) is 44.7 Å². The smallest absolute Gasteiger partial charge is 0.164 e. The molecule has 0 bridgehead atoms. The molecule has 4 saturated carbocycles. The minimum absolute atomic E-state index is 0.0288. The number of aliphatic hydroxyl groups is 3. The summed E-state index contributed by atoms with van der Waals surface area (Å²) in [6.07, 6.45) is 3.27. The van der Waals surface area contributed by atoms with Gasteiger partial charge in [0.25, 0.3) is 0 Å². The lowest BCUT2D eigenvalue weighted by atomic mass is 9.44. The van der Waals surface area contributed by atoms with Gasteiger partial charge in [0.15, 0.2) is 11.4 Å². The highest BCUT2D eigenvalue weighted by atomic mass is 16.4. The average Bonchev–Trinajstić information content (AvgIpc) is 2.78. The lowest BCUT2D eigenvalue weighted by Crippen LogP contribution is -2.62. The third kappa shape index (κ3) is 2.08. The molecule has 0 radical (unpaired) electrons. The number of hydrogen-bond donors (Lipinski definition) is 3. The molecule has 4 rings (SSSR count). The minimum atomic E-state index is -1.75. The van der Waals surface area contributed by atoms with Crippen LogP contribution in [0.25, 0.3) is 0 Å². The second-order valence-corrected chi connectivity index (χ2v) is 10.1. The van der Waals surface area contributed by atoms with Crippen molar-refractivity contribution in [1.82, 2.24) is 0 Å². The normalized spacial score (nSPS) is 56.5. The average molecular weight is 364 g/mol. The summed E-state index contributed by atoms with van der Waals surface area (Å²) in [6.45, 7) is 5.53. The highest BCUT2D eigenvalue weighted by molar-refractivity contribution is 5.88. The first-order chi connectivity index (χ1) is 12.1. The number of carbonyl (C=O) groups excluding carboxylic acids is 2. The Morgan fingerprint density at radius 3 is 2.42 bits per heavy atom. The van der Waals surface area contributed by atoms with E-state index in [0.717, 1.165) is 19.3 Å². The molecule has 4 fully saturated rings. The highest BCUT2D eigenvalue weighted by Crippen LogP contribution is 2.67. The quantitative estimate of drug-likeness (QED) is 0.660. The number of rotatable bonds is 1. The molecule has 0 aromatic rings. The summed E-state index contributed by atoms with van der Waals surface area (Å²) in [4.78, 5) is 25.5. The predicted octanol–water partition coefficient (Wildman–Crippen LogP) is 1.86. The minimum Gasteiger partial charge on any atom is -0.393 e. The van der Waals surface area contributed by atoms with Gasteiger partial charge in [0, 0.05) is 17.8 Å². The van der Waals surface area contributed by atoms with Crippen molar-refractivity contribution in [2.45, 2.75) is 83.5 Å². The van der Waals surface area contributed by atoms with E-state index >= 15 is 0 Å². The van der Waals surface area contributed by atoms with Gasteiger partial charge in [0.2, 0.25) is 0 Å². The number of Topliss-reactive ketones (excluding diaryl/α,β-unsaturated/α-hetero) is 2. The van der Waals surface area contributed by atoms with Crippen molar-refractivity contribution in [3.8, 4) is 0 Å². The Balaban J connectivity index is 1.73. The summed E-state index contributed by atoms with van der Waals surface area (Å²) in [5, 5.41) is 31.8. The fourth-order valence-corrected chi connectivity index (χ4v) is 7.57. The molecule has 0 saturated heterocycles. The van der Waals surface area contributed by atoms with E-state index in [2.05, 4.69) is 6.92 Å². The van der Waals surface area contributed by atoms with Crippen LogP contribution in [0.1, 0.15) is 65.7 Å². The van der Waals surface area contributed by atoms with Gasteiger partial charge in [-0.3, -0.25) is 9.59 Å². The molecule has 9 atom stereocenters. The van der Waals surface area contributed by atoms with Crippen LogP contribution in [0.5, 0.6) is 0 Å². The number of carbonyl (C=O) groups is 2. The molecule has 5 nitrogen and oxygen atoms in total. The molecule has 0 aliphatic heterocycles. The fourth-order valence-electron chi connectivity index (χ4n) is 7.57. The molecule has 5 heteroatoms. The standard InChI is InChI=1S/C21H32O5/c1-11(22)21(26)17(25)10-15-18-14(5-7-20(15,21)3)19(2)6-4-13(23)8-12(19)9-16(18)24/h12-15,17-18,23,25-26H,4-10H2,1-3H3/t12-,13+,14+,15+,17-,18-,19+,20+,21-/m1/s1. The maximum atomic E-state index is 13.2. The van der Waals surface area contributed by atoms with Crippen molar-refractivity contribution in [2.75, 3.05) is 0 Å². The number of aliphatic hydroxyl groups excluding tert-OH is 2. The third-order valence-electron chi connectivity index (χ3n) is 9.20. The van der Waals surface area contributed by atoms with Crippen LogP contribution in [0.2, 0.25) is 0 Å². The third-order valence-corrected chi connectivity index (χ3v) is 9.20. The molecule has 146 valence electrons. The van der Waals surface area contributed by atoms with Gasteiger partial charge < -0.3 is 15.3 Å². The maximum Gasteiger partial charge on any atom is 0.164 e. The van der Waals surface area contributed by atoms with Gasteiger partial charge in [-0.2, -0.15) is 0 Å². The largest absolute Gasteiger partial charge is 0.393 e. The number of ketones is 2. The summed E-state index contributed by atoms with van der Waals surface area (Å²) in [5.41, 5.74) is -2.46. The maximum absolute atomic E-state index is 13.2. The Morgan fingerprint density at radius 2 is 1.77 bits per heavy atom. The van der Waals surface area contributed by atoms with Gasteiger partial charge in [-0.15, -0.1) is 0 Å². The number of fused-ring (bicyclic) bond motifs is 5. The first-order valence-corrected chi connectivity index (χ1v) is 10.2. The van der Waals surface area contributed by atoms with E-state index in [-0.39, 0.29) is 46.8 Å². The molecule has 0 aromatic carbocycles. The summed E-state index contributed by atoms with van der Waals surface area (Å²) < 4.78 is 0.